The molecule has 0 aliphatic rings. The van der Waals surface area contributed by atoms with Gasteiger partial charge < -0.3 is 10.6 Å². The first-order chi connectivity index (χ1) is 20.6. The minimum Gasteiger partial charge on any atom is -0.336 e. The highest BCUT2D eigenvalue weighted by Crippen LogP contribution is 2.12. The van der Waals surface area contributed by atoms with E-state index in [2.05, 4.69) is 48.8 Å². The van der Waals surface area contributed by atoms with Crippen molar-refractivity contribution in [2.24, 2.45) is 0 Å². The number of amides is 2. The quantitative estimate of drug-likeness (QED) is 0.0466. The van der Waals surface area contributed by atoms with Crippen molar-refractivity contribution in [3.63, 3.8) is 0 Å². The zero-order chi connectivity index (χ0) is 30.8. The van der Waals surface area contributed by atoms with Crippen molar-refractivity contribution in [1.29, 1.82) is 0 Å². The lowest BCUT2D eigenvalue weighted by Gasteiger charge is -2.15. The van der Waals surface area contributed by atoms with E-state index in [-0.39, 0.29) is 18.0 Å². The largest absolute Gasteiger partial charge is 0.336 e. The Bertz CT molecular complexity index is 589. The van der Waals surface area contributed by atoms with Gasteiger partial charge in [-0.2, -0.15) is 0 Å². The van der Waals surface area contributed by atoms with Gasteiger partial charge in [0, 0.05) is 12.8 Å². The van der Waals surface area contributed by atoms with E-state index >= 15 is 0 Å². The molecule has 0 aliphatic carbocycles. The monoisotopic (exact) mass is 589 g/mol. The van der Waals surface area contributed by atoms with Gasteiger partial charge in [-0.15, -0.1) is 0 Å². The Morgan fingerprint density at radius 3 is 1.00 bits per heavy atom. The lowest BCUT2D eigenvalue weighted by molar-refractivity contribution is -0.124. The van der Waals surface area contributed by atoms with Crippen LogP contribution in [0.1, 0.15) is 201 Å². The predicted octanol–water partition coefficient (Wildman–Crippen LogP) is 11.6. The second kappa shape index (κ2) is 33.9. The van der Waals surface area contributed by atoms with Gasteiger partial charge in [0.2, 0.25) is 11.8 Å². The summed E-state index contributed by atoms with van der Waals surface area (Å²) in [5.41, 5.74) is 0. The fraction of sp³-hybridized carbons (Fsp3) is 0.842. The van der Waals surface area contributed by atoms with Crippen molar-refractivity contribution < 1.29 is 9.59 Å². The van der Waals surface area contributed by atoms with E-state index in [9.17, 15) is 9.59 Å². The molecule has 0 rings (SSSR count). The van der Waals surface area contributed by atoms with Crippen LogP contribution in [0.2, 0.25) is 0 Å². The van der Waals surface area contributed by atoms with Gasteiger partial charge in [-0.3, -0.25) is 9.59 Å². The molecule has 0 spiro atoms. The Balaban J connectivity index is 3.50. The summed E-state index contributed by atoms with van der Waals surface area (Å²) in [6.45, 7) is 6.39. The van der Waals surface area contributed by atoms with E-state index < -0.39 is 0 Å². The number of carbonyl (C=O) groups excluding carboxylic acids is 2. The zero-order valence-electron chi connectivity index (χ0n) is 28.5. The van der Waals surface area contributed by atoms with E-state index in [1.807, 2.05) is 6.92 Å². The first-order valence-corrected chi connectivity index (χ1v) is 18.5. The summed E-state index contributed by atoms with van der Waals surface area (Å²) in [5.74, 6) is 0.0529. The highest BCUT2D eigenvalue weighted by molar-refractivity contribution is 5.79. The predicted molar refractivity (Wildman–Crippen MR) is 185 cm³/mol. The molecule has 0 unspecified atom stereocenters. The maximum absolute atomic E-state index is 12.2. The van der Waals surface area contributed by atoms with Gasteiger partial charge in [-0.05, 0) is 71.1 Å². The van der Waals surface area contributed by atoms with Gasteiger partial charge in [0.15, 0.2) is 0 Å². The average molecular weight is 589 g/mol. The second-order valence-corrected chi connectivity index (χ2v) is 12.5. The smallest absolute Gasteiger partial charge is 0.221 e. The number of carbonyl (C=O) groups is 2. The van der Waals surface area contributed by atoms with Crippen molar-refractivity contribution in [1.82, 2.24) is 10.6 Å². The average Bonchev–Trinajstić information content (AvgIpc) is 2.97. The first kappa shape index (κ1) is 40.4. The van der Waals surface area contributed by atoms with Crippen LogP contribution in [0, 0.1) is 0 Å². The Morgan fingerprint density at radius 2 is 0.690 bits per heavy atom. The molecule has 0 atom stereocenters. The molecule has 0 saturated carbocycles. The van der Waals surface area contributed by atoms with Crippen LogP contribution >= 0.6 is 0 Å². The maximum atomic E-state index is 12.2. The minimum absolute atomic E-state index is 0.0265. The molecule has 2 amide bonds. The molecular weight excluding hydrogens is 516 g/mol. The number of unbranched alkanes of at least 4 members (excludes halogenated alkanes) is 22. The van der Waals surface area contributed by atoms with E-state index in [0.29, 0.717) is 12.8 Å². The molecule has 4 nitrogen and oxygen atoms in total. The fourth-order valence-corrected chi connectivity index (χ4v) is 5.38. The zero-order valence-corrected chi connectivity index (χ0v) is 28.5. The summed E-state index contributed by atoms with van der Waals surface area (Å²) in [6, 6.07) is 0. The van der Waals surface area contributed by atoms with Gasteiger partial charge in [0.05, 0.1) is 6.17 Å². The number of allylic oxidation sites excluding steroid dienone is 4. The van der Waals surface area contributed by atoms with E-state index in [4.69, 9.17) is 0 Å². The molecule has 0 heterocycles. The lowest BCUT2D eigenvalue weighted by Crippen LogP contribution is -2.45. The van der Waals surface area contributed by atoms with Crippen LogP contribution in [-0.2, 0) is 9.59 Å². The normalized spacial score (nSPS) is 11.7. The number of rotatable bonds is 32. The van der Waals surface area contributed by atoms with Crippen molar-refractivity contribution in [2.75, 3.05) is 0 Å². The van der Waals surface area contributed by atoms with Crippen LogP contribution in [0.3, 0.4) is 0 Å². The molecule has 0 aromatic rings. The Kier molecular flexibility index (Phi) is 32.6. The van der Waals surface area contributed by atoms with Crippen molar-refractivity contribution in [2.45, 2.75) is 207 Å². The van der Waals surface area contributed by atoms with Crippen molar-refractivity contribution >= 4 is 11.8 Å². The lowest BCUT2D eigenvalue weighted by atomic mass is 10.1. The summed E-state index contributed by atoms with van der Waals surface area (Å²) in [4.78, 5) is 24.4. The highest BCUT2D eigenvalue weighted by atomic mass is 16.2. The third-order valence-corrected chi connectivity index (χ3v) is 8.09. The number of nitrogens with one attached hydrogen (secondary N) is 2. The molecule has 0 bridgehead atoms. The number of hydrogen-bond donors (Lipinski definition) is 2. The third-order valence-electron chi connectivity index (χ3n) is 8.09. The maximum Gasteiger partial charge on any atom is 0.221 e. The van der Waals surface area contributed by atoms with Gasteiger partial charge in [-0.25, -0.2) is 0 Å². The highest BCUT2D eigenvalue weighted by Gasteiger charge is 2.09. The molecule has 42 heavy (non-hydrogen) atoms. The van der Waals surface area contributed by atoms with Crippen LogP contribution in [0.25, 0.3) is 0 Å². The minimum atomic E-state index is -0.308. The van der Waals surface area contributed by atoms with Crippen molar-refractivity contribution in [3.8, 4) is 0 Å². The number of hydrogen-bond acceptors (Lipinski definition) is 2. The SMILES string of the molecule is CCCCCCCCCCC/C=C/CCCCC(=O)NC(C)NC(=O)CCCC/C=C/CCCCCCCCCCC. The van der Waals surface area contributed by atoms with Crippen LogP contribution in [-0.4, -0.2) is 18.0 Å². The van der Waals surface area contributed by atoms with E-state index in [1.54, 1.807) is 0 Å². The second-order valence-electron chi connectivity index (χ2n) is 12.5. The molecule has 2 N–H and O–H groups in total. The standard InChI is InChI=1S/C38H72N2O2/c1-4-6-8-10-12-14-16-18-20-22-24-26-28-30-32-34-37(41)39-36(3)40-38(42)35-33-31-29-27-25-23-21-19-17-15-13-11-9-7-5-2/h24-27,36H,4-23,28-35H2,1-3H3,(H,39,41)(H,40,42)/b26-24+,27-25+. The van der Waals surface area contributed by atoms with E-state index in [1.165, 1.54) is 128 Å². The van der Waals surface area contributed by atoms with Gasteiger partial charge >= 0.3 is 0 Å². The Labute approximate surface area is 262 Å². The van der Waals surface area contributed by atoms with Gasteiger partial charge in [-0.1, -0.05) is 141 Å². The molecule has 4 heteroatoms. The summed E-state index contributed by atoms with van der Waals surface area (Å²) < 4.78 is 0. The summed E-state index contributed by atoms with van der Waals surface area (Å²) in [6.07, 6.45) is 43.0. The van der Waals surface area contributed by atoms with Crippen molar-refractivity contribution in [3.05, 3.63) is 24.3 Å². The molecule has 0 aromatic carbocycles. The molecule has 0 aromatic heterocycles. The molecule has 246 valence electrons. The van der Waals surface area contributed by atoms with E-state index in [0.717, 1.165) is 38.5 Å². The molecular formula is C38H72N2O2. The molecule has 0 radical (unpaired) electrons. The Morgan fingerprint density at radius 1 is 0.429 bits per heavy atom. The Hall–Kier alpha value is -1.58. The van der Waals surface area contributed by atoms with Crippen LogP contribution < -0.4 is 10.6 Å². The topological polar surface area (TPSA) is 58.2 Å². The third kappa shape index (κ3) is 32.9. The summed E-state index contributed by atoms with van der Waals surface area (Å²) in [5, 5.41) is 5.83. The molecule has 0 fully saturated rings. The summed E-state index contributed by atoms with van der Waals surface area (Å²) in [7, 11) is 0. The first-order valence-electron chi connectivity index (χ1n) is 18.5. The molecule has 0 aliphatic heterocycles. The molecule has 0 saturated heterocycles. The van der Waals surface area contributed by atoms with Crippen LogP contribution in [0.15, 0.2) is 24.3 Å². The van der Waals surface area contributed by atoms with Crippen LogP contribution in [0.5, 0.6) is 0 Å². The summed E-state index contributed by atoms with van der Waals surface area (Å²) >= 11 is 0. The van der Waals surface area contributed by atoms with Gasteiger partial charge in [0.25, 0.3) is 0 Å². The van der Waals surface area contributed by atoms with Crippen LogP contribution in [0.4, 0.5) is 0 Å². The fourth-order valence-electron chi connectivity index (χ4n) is 5.38. The van der Waals surface area contributed by atoms with Gasteiger partial charge in [0.1, 0.15) is 0 Å².